The monoisotopic (exact) mass is 394 g/mol. The van der Waals surface area contributed by atoms with Gasteiger partial charge in [-0.05, 0) is 24.1 Å². The Kier molecular flexibility index (Phi) is 6.08. The maximum atomic E-state index is 12.5. The minimum absolute atomic E-state index is 0.185. The molecule has 1 fully saturated rings. The summed E-state index contributed by atoms with van der Waals surface area (Å²) in [6.07, 6.45) is 0.600. The van der Waals surface area contributed by atoms with Gasteiger partial charge in [0.15, 0.2) is 0 Å². The molecule has 2 aromatic rings. The summed E-state index contributed by atoms with van der Waals surface area (Å²) < 4.78 is 33.1. The van der Waals surface area contributed by atoms with Gasteiger partial charge in [0, 0.05) is 11.4 Å². The fraction of sp³-hybridized carbons (Fsp3) is 0.389. The van der Waals surface area contributed by atoms with Gasteiger partial charge in [0.2, 0.25) is 5.91 Å². The zero-order chi connectivity index (χ0) is 18.6. The zero-order valence-corrected chi connectivity index (χ0v) is 16.2. The standard InChI is InChI=1S/C18H22N2O4S2/c1-2-15-8-9-18(25-15)26(22,23)19-12-17(21)20-10-11-24-16(13-20)14-6-4-3-5-7-14/h3-9,16,19H,2,10-13H2,1H3. The first-order chi connectivity index (χ1) is 12.5. The number of ether oxygens (including phenoxy) is 1. The Morgan fingerprint density at radius 3 is 2.73 bits per heavy atom. The number of carbonyl (C=O) groups is 1. The van der Waals surface area contributed by atoms with Crippen molar-refractivity contribution in [1.29, 1.82) is 0 Å². The predicted molar refractivity (Wildman–Crippen MR) is 101 cm³/mol. The van der Waals surface area contributed by atoms with Crippen molar-refractivity contribution >= 4 is 27.3 Å². The number of hydrogen-bond donors (Lipinski definition) is 1. The molecule has 140 valence electrons. The van der Waals surface area contributed by atoms with E-state index in [0.717, 1.165) is 16.9 Å². The van der Waals surface area contributed by atoms with Gasteiger partial charge < -0.3 is 9.64 Å². The molecule has 0 saturated carbocycles. The third-order valence-electron chi connectivity index (χ3n) is 4.25. The van der Waals surface area contributed by atoms with Crippen LogP contribution in [0.25, 0.3) is 0 Å². The smallest absolute Gasteiger partial charge is 0.250 e. The fourth-order valence-corrected chi connectivity index (χ4v) is 5.09. The Morgan fingerprint density at radius 1 is 1.27 bits per heavy atom. The van der Waals surface area contributed by atoms with Crippen molar-refractivity contribution in [3.63, 3.8) is 0 Å². The Morgan fingerprint density at radius 2 is 2.04 bits per heavy atom. The molecule has 1 unspecified atom stereocenters. The van der Waals surface area contributed by atoms with Crippen LogP contribution in [0.2, 0.25) is 0 Å². The third-order valence-corrected chi connectivity index (χ3v) is 7.38. The van der Waals surface area contributed by atoms with Gasteiger partial charge in [-0.3, -0.25) is 4.79 Å². The first kappa shape index (κ1) is 19.0. The van der Waals surface area contributed by atoms with Crippen molar-refractivity contribution in [2.45, 2.75) is 23.7 Å². The molecule has 1 amide bonds. The molecule has 1 aliphatic heterocycles. The molecular formula is C18H22N2O4S2. The molecule has 0 radical (unpaired) electrons. The molecule has 2 heterocycles. The lowest BCUT2D eigenvalue weighted by molar-refractivity contribution is -0.137. The largest absolute Gasteiger partial charge is 0.370 e. The number of nitrogens with one attached hydrogen (secondary N) is 1. The van der Waals surface area contributed by atoms with Crippen LogP contribution in [0.1, 0.15) is 23.5 Å². The summed E-state index contributed by atoms with van der Waals surface area (Å²) in [6.45, 7) is 3.04. The van der Waals surface area contributed by atoms with E-state index in [1.807, 2.05) is 37.3 Å². The SMILES string of the molecule is CCc1ccc(S(=O)(=O)NCC(=O)N2CCOC(c3ccccc3)C2)s1. The molecule has 0 aliphatic carbocycles. The van der Waals surface area contributed by atoms with Crippen LogP contribution >= 0.6 is 11.3 Å². The maximum Gasteiger partial charge on any atom is 0.250 e. The van der Waals surface area contributed by atoms with E-state index < -0.39 is 10.0 Å². The molecule has 3 rings (SSSR count). The van der Waals surface area contributed by atoms with Crippen molar-refractivity contribution in [1.82, 2.24) is 9.62 Å². The second kappa shape index (κ2) is 8.30. The van der Waals surface area contributed by atoms with Gasteiger partial charge in [0.05, 0.1) is 19.7 Å². The molecule has 1 atom stereocenters. The average molecular weight is 395 g/mol. The van der Waals surface area contributed by atoms with Gasteiger partial charge >= 0.3 is 0 Å². The van der Waals surface area contributed by atoms with E-state index in [1.54, 1.807) is 17.0 Å². The van der Waals surface area contributed by atoms with Crippen molar-refractivity contribution in [2.75, 3.05) is 26.2 Å². The van der Waals surface area contributed by atoms with Crippen LogP contribution in [0, 0.1) is 0 Å². The molecule has 1 N–H and O–H groups in total. The molecule has 8 heteroatoms. The van der Waals surface area contributed by atoms with Crippen LogP contribution in [-0.4, -0.2) is 45.5 Å². The number of thiophene rings is 1. The second-order valence-corrected chi connectivity index (χ2v) is 9.17. The molecular weight excluding hydrogens is 372 g/mol. The number of hydrogen-bond acceptors (Lipinski definition) is 5. The minimum atomic E-state index is -3.66. The van der Waals surface area contributed by atoms with Crippen molar-refractivity contribution in [3.05, 3.63) is 52.9 Å². The van der Waals surface area contributed by atoms with Crippen LogP contribution in [0.5, 0.6) is 0 Å². The molecule has 0 bridgehead atoms. The maximum absolute atomic E-state index is 12.5. The lowest BCUT2D eigenvalue weighted by Crippen LogP contribution is -2.46. The first-order valence-corrected chi connectivity index (χ1v) is 10.8. The summed E-state index contributed by atoms with van der Waals surface area (Å²) in [6, 6.07) is 13.1. The number of rotatable bonds is 6. The number of morpholine rings is 1. The highest BCUT2D eigenvalue weighted by Gasteiger charge is 2.26. The molecule has 6 nitrogen and oxygen atoms in total. The summed E-state index contributed by atoms with van der Waals surface area (Å²) in [4.78, 5) is 15.1. The lowest BCUT2D eigenvalue weighted by Gasteiger charge is -2.33. The van der Waals surface area contributed by atoms with Gasteiger partial charge in [-0.2, -0.15) is 0 Å². The molecule has 1 aromatic carbocycles. The highest BCUT2D eigenvalue weighted by molar-refractivity contribution is 7.91. The summed E-state index contributed by atoms with van der Waals surface area (Å²) in [5.41, 5.74) is 1.01. The van der Waals surface area contributed by atoms with Gasteiger partial charge in [0.1, 0.15) is 10.3 Å². The van der Waals surface area contributed by atoms with Crippen LogP contribution in [0.4, 0.5) is 0 Å². The Balaban J connectivity index is 1.59. The molecule has 1 aliphatic rings. The minimum Gasteiger partial charge on any atom is -0.370 e. The van der Waals surface area contributed by atoms with E-state index in [1.165, 1.54) is 11.3 Å². The average Bonchev–Trinajstić information content (AvgIpc) is 3.17. The molecule has 0 spiro atoms. The zero-order valence-electron chi connectivity index (χ0n) is 14.6. The van der Waals surface area contributed by atoms with Crippen LogP contribution in [0.3, 0.4) is 0 Å². The lowest BCUT2D eigenvalue weighted by atomic mass is 10.1. The Hall–Kier alpha value is -1.74. The van der Waals surface area contributed by atoms with E-state index in [9.17, 15) is 13.2 Å². The highest BCUT2D eigenvalue weighted by atomic mass is 32.2. The van der Waals surface area contributed by atoms with Crippen LogP contribution in [0.15, 0.2) is 46.7 Å². The highest BCUT2D eigenvalue weighted by Crippen LogP contribution is 2.23. The topological polar surface area (TPSA) is 75.7 Å². The number of amides is 1. The van der Waals surface area contributed by atoms with Gasteiger partial charge in [-0.1, -0.05) is 37.3 Å². The Bertz CT molecular complexity index is 849. The van der Waals surface area contributed by atoms with Gasteiger partial charge in [-0.15, -0.1) is 11.3 Å². The van der Waals surface area contributed by atoms with Crippen LogP contribution < -0.4 is 4.72 Å². The van der Waals surface area contributed by atoms with E-state index in [4.69, 9.17) is 4.74 Å². The summed E-state index contributed by atoms with van der Waals surface area (Å²) in [5.74, 6) is -0.245. The third kappa shape index (κ3) is 4.50. The van der Waals surface area contributed by atoms with E-state index >= 15 is 0 Å². The van der Waals surface area contributed by atoms with Gasteiger partial charge in [0.25, 0.3) is 10.0 Å². The van der Waals surface area contributed by atoms with Crippen molar-refractivity contribution in [2.24, 2.45) is 0 Å². The molecule has 1 aromatic heterocycles. The molecule has 1 saturated heterocycles. The number of aryl methyl sites for hydroxylation is 1. The van der Waals surface area contributed by atoms with E-state index in [0.29, 0.717) is 19.7 Å². The number of nitrogens with zero attached hydrogens (tertiary/aromatic N) is 1. The first-order valence-electron chi connectivity index (χ1n) is 8.52. The van der Waals surface area contributed by atoms with Crippen molar-refractivity contribution in [3.8, 4) is 0 Å². The summed E-state index contributed by atoms with van der Waals surface area (Å²) in [5, 5.41) is 0. The fourth-order valence-electron chi connectivity index (χ4n) is 2.78. The second-order valence-electron chi connectivity index (χ2n) is 6.01. The summed E-state index contributed by atoms with van der Waals surface area (Å²) in [7, 11) is -3.66. The van der Waals surface area contributed by atoms with Crippen LogP contribution in [-0.2, 0) is 26.0 Å². The quantitative estimate of drug-likeness (QED) is 0.815. The Labute approximate surface area is 157 Å². The van der Waals surface area contributed by atoms with Crippen molar-refractivity contribution < 1.29 is 17.9 Å². The molecule has 26 heavy (non-hydrogen) atoms. The van der Waals surface area contributed by atoms with Gasteiger partial charge in [-0.25, -0.2) is 13.1 Å². The number of benzene rings is 1. The predicted octanol–water partition coefficient (Wildman–Crippen LogP) is 2.19. The number of carbonyl (C=O) groups excluding carboxylic acids is 1. The normalized spacial score (nSPS) is 18.0. The number of sulfonamides is 1. The van der Waals surface area contributed by atoms with E-state index in [2.05, 4.69) is 4.72 Å². The van der Waals surface area contributed by atoms with E-state index in [-0.39, 0.29) is 22.8 Å². The summed E-state index contributed by atoms with van der Waals surface area (Å²) >= 11 is 1.23.